The summed E-state index contributed by atoms with van der Waals surface area (Å²) in [5, 5.41) is 4.33. The molecule has 30 heavy (non-hydrogen) atoms. The molecule has 0 spiro atoms. The summed E-state index contributed by atoms with van der Waals surface area (Å²) >= 11 is 1.31. The first-order valence-electron chi connectivity index (χ1n) is 9.54. The standard InChI is InChI=1S/C23H21N3O3S/c1-4-29-18-11-9-17(13-19(18)28-3)14-20-22(27)26-23(30-20)24-21(25-26)12-10-16-7-5-15(2)6-8-16/h5-14H,4H2,1-3H3. The second-order valence-corrected chi connectivity index (χ2v) is 7.68. The largest absolute Gasteiger partial charge is 0.493 e. The number of rotatable bonds is 6. The zero-order valence-electron chi connectivity index (χ0n) is 17.0. The maximum atomic E-state index is 12.7. The Morgan fingerprint density at radius 2 is 1.83 bits per heavy atom. The van der Waals surface area contributed by atoms with Gasteiger partial charge < -0.3 is 9.47 Å². The van der Waals surface area contributed by atoms with Gasteiger partial charge in [0.1, 0.15) is 0 Å². The molecule has 0 N–H and O–H groups in total. The molecule has 0 bridgehead atoms. The van der Waals surface area contributed by atoms with Crippen LogP contribution in [0.3, 0.4) is 0 Å². The fourth-order valence-electron chi connectivity index (χ4n) is 2.97. The molecule has 0 amide bonds. The quantitative estimate of drug-likeness (QED) is 0.478. The molecular weight excluding hydrogens is 398 g/mol. The zero-order valence-corrected chi connectivity index (χ0v) is 17.8. The summed E-state index contributed by atoms with van der Waals surface area (Å²) in [6, 6.07) is 13.7. The average molecular weight is 420 g/mol. The number of nitrogens with zero attached hydrogens (tertiary/aromatic N) is 3. The minimum absolute atomic E-state index is 0.190. The summed E-state index contributed by atoms with van der Waals surface area (Å²) < 4.78 is 12.8. The summed E-state index contributed by atoms with van der Waals surface area (Å²) in [5.74, 6) is 1.81. The van der Waals surface area contributed by atoms with E-state index in [2.05, 4.69) is 10.1 Å². The maximum Gasteiger partial charge on any atom is 0.291 e. The zero-order chi connectivity index (χ0) is 21.1. The third kappa shape index (κ3) is 4.11. The van der Waals surface area contributed by atoms with Gasteiger partial charge in [-0.1, -0.05) is 53.3 Å². The van der Waals surface area contributed by atoms with Crippen LogP contribution in [0, 0.1) is 6.92 Å². The normalized spacial score (nSPS) is 12.2. The predicted octanol–water partition coefficient (Wildman–Crippen LogP) is 3.58. The van der Waals surface area contributed by atoms with Crippen molar-refractivity contribution in [2.75, 3.05) is 13.7 Å². The van der Waals surface area contributed by atoms with Gasteiger partial charge in [0.05, 0.1) is 18.2 Å². The Morgan fingerprint density at radius 3 is 2.53 bits per heavy atom. The van der Waals surface area contributed by atoms with E-state index in [0.717, 1.165) is 11.1 Å². The van der Waals surface area contributed by atoms with Crippen molar-refractivity contribution in [2.24, 2.45) is 0 Å². The van der Waals surface area contributed by atoms with Crippen LogP contribution >= 0.6 is 11.3 Å². The van der Waals surface area contributed by atoms with E-state index in [1.807, 2.05) is 74.5 Å². The molecular formula is C23H21N3O3S. The number of thiazole rings is 1. The van der Waals surface area contributed by atoms with Crippen molar-refractivity contribution in [1.82, 2.24) is 14.6 Å². The van der Waals surface area contributed by atoms with Crippen LogP contribution in [0.5, 0.6) is 11.5 Å². The van der Waals surface area contributed by atoms with E-state index in [9.17, 15) is 4.79 Å². The summed E-state index contributed by atoms with van der Waals surface area (Å²) in [5.41, 5.74) is 2.92. The molecule has 6 nitrogen and oxygen atoms in total. The average Bonchev–Trinajstić information content (AvgIpc) is 3.27. The Balaban J connectivity index is 1.64. The SMILES string of the molecule is CCOc1ccc(C=c2sc3nc(C=Cc4ccc(C)cc4)nn3c2=O)cc1OC. The second-order valence-electron chi connectivity index (χ2n) is 6.67. The third-order valence-electron chi connectivity index (χ3n) is 4.49. The number of methoxy groups -OCH3 is 1. The maximum absolute atomic E-state index is 12.7. The van der Waals surface area contributed by atoms with E-state index < -0.39 is 0 Å². The first kappa shape index (κ1) is 19.8. The van der Waals surface area contributed by atoms with Crippen LogP contribution in [0.2, 0.25) is 0 Å². The fraction of sp³-hybridized carbons (Fsp3) is 0.174. The minimum Gasteiger partial charge on any atom is -0.493 e. The summed E-state index contributed by atoms with van der Waals surface area (Å²) in [6.45, 7) is 4.52. The van der Waals surface area contributed by atoms with Crippen LogP contribution in [0.15, 0.2) is 47.3 Å². The van der Waals surface area contributed by atoms with Crippen molar-refractivity contribution in [3.05, 3.63) is 79.9 Å². The van der Waals surface area contributed by atoms with Crippen LogP contribution in [0.1, 0.15) is 29.4 Å². The molecule has 0 aliphatic rings. The van der Waals surface area contributed by atoms with Crippen molar-refractivity contribution < 1.29 is 9.47 Å². The minimum atomic E-state index is -0.190. The van der Waals surface area contributed by atoms with Crippen molar-refractivity contribution in [1.29, 1.82) is 0 Å². The van der Waals surface area contributed by atoms with Gasteiger partial charge in [-0.3, -0.25) is 4.79 Å². The van der Waals surface area contributed by atoms with Crippen molar-refractivity contribution in [2.45, 2.75) is 13.8 Å². The van der Waals surface area contributed by atoms with Gasteiger partial charge in [-0.2, -0.15) is 9.50 Å². The molecule has 0 aliphatic carbocycles. The van der Waals surface area contributed by atoms with Gasteiger partial charge in [-0.25, -0.2) is 0 Å². The number of aryl methyl sites for hydroxylation is 1. The highest BCUT2D eigenvalue weighted by molar-refractivity contribution is 7.15. The van der Waals surface area contributed by atoms with Crippen LogP contribution in [0.25, 0.3) is 23.2 Å². The van der Waals surface area contributed by atoms with Crippen molar-refractivity contribution >= 4 is 34.5 Å². The van der Waals surface area contributed by atoms with Gasteiger partial charge in [0, 0.05) is 0 Å². The molecule has 0 unspecified atom stereocenters. The third-order valence-corrected chi connectivity index (χ3v) is 5.44. The molecule has 0 aliphatic heterocycles. The summed E-state index contributed by atoms with van der Waals surface area (Å²) in [6.07, 6.45) is 5.55. The molecule has 0 saturated heterocycles. The molecule has 0 radical (unpaired) electrons. The van der Waals surface area contributed by atoms with Crippen LogP contribution in [-0.4, -0.2) is 28.3 Å². The van der Waals surface area contributed by atoms with Crippen molar-refractivity contribution in [3.63, 3.8) is 0 Å². The summed E-state index contributed by atoms with van der Waals surface area (Å²) in [4.78, 5) is 17.8. The highest BCUT2D eigenvalue weighted by Gasteiger charge is 2.10. The Labute approximate surface area is 177 Å². The molecule has 2 aromatic heterocycles. The predicted molar refractivity (Wildman–Crippen MR) is 120 cm³/mol. The smallest absolute Gasteiger partial charge is 0.291 e. The Hall–Kier alpha value is -3.45. The second kappa shape index (κ2) is 8.51. The lowest BCUT2D eigenvalue weighted by Gasteiger charge is -2.09. The molecule has 2 heterocycles. The van der Waals surface area contributed by atoms with Gasteiger partial charge >= 0.3 is 0 Å². The topological polar surface area (TPSA) is 65.7 Å². The van der Waals surface area contributed by atoms with Crippen LogP contribution < -0.4 is 19.6 Å². The van der Waals surface area contributed by atoms with E-state index >= 15 is 0 Å². The number of hydrogen-bond acceptors (Lipinski definition) is 6. The number of hydrogen-bond donors (Lipinski definition) is 0. The summed E-state index contributed by atoms with van der Waals surface area (Å²) in [7, 11) is 1.59. The first-order chi connectivity index (χ1) is 14.6. The molecule has 0 saturated carbocycles. The van der Waals surface area contributed by atoms with E-state index in [-0.39, 0.29) is 5.56 Å². The molecule has 152 valence electrons. The Kier molecular flexibility index (Phi) is 5.63. The van der Waals surface area contributed by atoms with E-state index in [1.165, 1.54) is 21.4 Å². The number of benzene rings is 2. The molecule has 4 rings (SSSR count). The van der Waals surface area contributed by atoms with Gasteiger partial charge in [0.15, 0.2) is 17.3 Å². The van der Waals surface area contributed by atoms with E-state index in [0.29, 0.717) is 33.4 Å². The van der Waals surface area contributed by atoms with Gasteiger partial charge in [-0.05, 0) is 49.3 Å². The van der Waals surface area contributed by atoms with Gasteiger partial charge in [-0.15, -0.1) is 5.10 Å². The Morgan fingerprint density at radius 1 is 1.07 bits per heavy atom. The van der Waals surface area contributed by atoms with E-state index in [1.54, 1.807) is 7.11 Å². The number of fused-ring (bicyclic) bond motifs is 1. The molecule has 7 heteroatoms. The lowest BCUT2D eigenvalue weighted by atomic mass is 10.1. The van der Waals surface area contributed by atoms with Gasteiger partial charge in [0.2, 0.25) is 4.96 Å². The van der Waals surface area contributed by atoms with Crippen LogP contribution in [-0.2, 0) is 0 Å². The lowest BCUT2D eigenvalue weighted by Crippen LogP contribution is -2.23. The van der Waals surface area contributed by atoms with Gasteiger partial charge in [0.25, 0.3) is 5.56 Å². The molecule has 0 fully saturated rings. The van der Waals surface area contributed by atoms with Crippen molar-refractivity contribution in [3.8, 4) is 11.5 Å². The number of ether oxygens (including phenoxy) is 2. The van der Waals surface area contributed by atoms with E-state index in [4.69, 9.17) is 9.47 Å². The molecule has 4 aromatic rings. The monoisotopic (exact) mass is 419 g/mol. The fourth-order valence-corrected chi connectivity index (χ4v) is 3.88. The highest BCUT2D eigenvalue weighted by atomic mass is 32.1. The Bertz CT molecular complexity index is 1320. The molecule has 2 aromatic carbocycles. The highest BCUT2D eigenvalue weighted by Crippen LogP contribution is 2.28. The molecule has 0 atom stereocenters. The number of aromatic nitrogens is 3. The van der Waals surface area contributed by atoms with Crippen LogP contribution in [0.4, 0.5) is 0 Å². The first-order valence-corrected chi connectivity index (χ1v) is 10.4. The lowest BCUT2D eigenvalue weighted by molar-refractivity contribution is 0.311.